The first kappa shape index (κ1) is 17.6. The highest BCUT2D eigenvalue weighted by Gasteiger charge is 2.23. The second kappa shape index (κ2) is 7.81. The summed E-state index contributed by atoms with van der Waals surface area (Å²) in [4.78, 5) is 4.61. The van der Waals surface area contributed by atoms with E-state index in [1.165, 1.54) is 0 Å². The molecule has 2 aromatic rings. The molecule has 126 valence electrons. The second-order valence-corrected chi connectivity index (χ2v) is 7.34. The van der Waals surface area contributed by atoms with Crippen LogP contribution in [0.1, 0.15) is 28.4 Å². The summed E-state index contributed by atoms with van der Waals surface area (Å²) >= 11 is 14.9. The van der Waals surface area contributed by atoms with Crippen molar-refractivity contribution in [2.75, 3.05) is 20.2 Å². The topological polar surface area (TPSA) is 33.6 Å². The van der Waals surface area contributed by atoms with Gasteiger partial charge in [0.25, 0.3) is 0 Å². The number of methoxy groups -OCH3 is 1. The smallest absolute Gasteiger partial charge is 0.128 e. The number of hydrogen-bond donors (Lipinski definition) is 2. The first-order chi connectivity index (χ1) is 11.6. The molecule has 0 bridgehead atoms. The Balaban J connectivity index is 2.12. The zero-order valence-electron chi connectivity index (χ0n) is 13.2. The Morgan fingerprint density at radius 3 is 2.88 bits per heavy atom. The van der Waals surface area contributed by atoms with E-state index >= 15 is 0 Å². The van der Waals surface area contributed by atoms with E-state index in [0.29, 0.717) is 5.02 Å². The molecule has 1 aliphatic rings. The molecule has 1 aliphatic heterocycles. The average Bonchev–Trinajstić information content (AvgIpc) is 2.61. The minimum Gasteiger partial charge on any atom is -0.496 e. The van der Waals surface area contributed by atoms with Crippen molar-refractivity contribution in [2.24, 2.45) is 4.99 Å². The summed E-state index contributed by atoms with van der Waals surface area (Å²) in [5.41, 5.74) is 2.89. The van der Waals surface area contributed by atoms with Crippen molar-refractivity contribution < 1.29 is 4.74 Å². The van der Waals surface area contributed by atoms with E-state index < -0.39 is 0 Å². The molecule has 0 fully saturated rings. The van der Waals surface area contributed by atoms with Gasteiger partial charge in [-0.2, -0.15) is 12.6 Å². The largest absolute Gasteiger partial charge is 0.496 e. The van der Waals surface area contributed by atoms with Gasteiger partial charge in [0, 0.05) is 33.7 Å². The van der Waals surface area contributed by atoms with Gasteiger partial charge >= 0.3 is 0 Å². The molecule has 0 amide bonds. The summed E-state index contributed by atoms with van der Waals surface area (Å²) in [6.45, 7) is 1.74. The molecule has 3 rings (SSSR count). The molecule has 1 atom stereocenters. The number of nitrogens with zero attached hydrogens (tertiary/aromatic N) is 1. The lowest BCUT2D eigenvalue weighted by atomic mass is 9.97. The highest BCUT2D eigenvalue weighted by Crippen LogP contribution is 2.40. The molecular weight excluding hydrogens is 408 g/mol. The molecular formula is C18H18BrClN2OS. The molecule has 0 aromatic heterocycles. The summed E-state index contributed by atoms with van der Waals surface area (Å²) in [7, 11) is 1.66. The molecule has 0 saturated heterocycles. The maximum absolute atomic E-state index is 6.54. The molecule has 1 heterocycles. The second-order valence-electron chi connectivity index (χ2n) is 5.50. The van der Waals surface area contributed by atoms with Gasteiger partial charge in [0.1, 0.15) is 11.6 Å². The quantitative estimate of drug-likeness (QED) is 0.685. The molecule has 0 saturated carbocycles. The normalized spacial score (nSPS) is 15.4. The van der Waals surface area contributed by atoms with Crippen molar-refractivity contribution in [3.05, 3.63) is 62.6 Å². The van der Waals surface area contributed by atoms with Crippen LogP contribution in [0.3, 0.4) is 0 Å². The van der Waals surface area contributed by atoms with Crippen LogP contribution in [0.5, 0.6) is 5.75 Å². The molecule has 0 radical (unpaired) electrons. The first-order valence-electron chi connectivity index (χ1n) is 7.70. The van der Waals surface area contributed by atoms with Gasteiger partial charge in [-0.25, -0.2) is 0 Å². The Bertz CT molecular complexity index is 782. The van der Waals surface area contributed by atoms with E-state index in [2.05, 4.69) is 26.2 Å². The number of rotatable bonds is 4. The van der Waals surface area contributed by atoms with E-state index in [1.54, 1.807) is 7.11 Å². The zero-order valence-corrected chi connectivity index (χ0v) is 16.5. The summed E-state index contributed by atoms with van der Waals surface area (Å²) < 4.78 is 6.48. The van der Waals surface area contributed by atoms with Crippen LogP contribution in [0.4, 0.5) is 0 Å². The van der Waals surface area contributed by atoms with Gasteiger partial charge in [0.2, 0.25) is 0 Å². The minimum absolute atomic E-state index is 0.229. The Morgan fingerprint density at radius 2 is 2.17 bits per heavy atom. The molecule has 1 N–H and O–H groups in total. The van der Waals surface area contributed by atoms with Gasteiger partial charge in [-0.15, -0.1) is 0 Å². The van der Waals surface area contributed by atoms with Crippen LogP contribution in [-0.2, 0) is 0 Å². The summed E-state index contributed by atoms with van der Waals surface area (Å²) in [5.74, 6) is 1.66. The SMILES string of the molecule is COc1ccc(Br)cc1C(S)c1c(Cl)cccc1C1=NCCCN1. The third kappa shape index (κ3) is 3.58. The number of nitrogens with one attached hydrogen (secondary N) is 1. The molecule has 0 aliphatic carbocycles. The van der Waals surface area contributed by atoms with Crippen LogP contribution in [-0.4, -0.2) is 26.0 Å². The maximum Gasteiger partial charge on any atom is 0.128 e. The van der Waals surface area contributed by atoms with Gasteiger partial charge in [-0.3, -0.25) is 4.99 Å². The lowest BCUT2D eigenvalue weighted by Crippen LogP contribution is -2.31. The van der Waals surface area contributed by atoms with Crippen molar-refractivity contribution >= 4 is 46.0 Å². The number of benzene rings is 2. The maximum atomic E-state index is 6.54. The number of halogens is 2. The van der Waals surface area contributed by atoms with Crippen molar-refractivity contribution in [2.45, 2.75) is 11.7 Å². The molecule has 0 spiro atoms. The fourth-order valence-electron chi connectivity index (χ4n) is 2.81. The van der Waals surface area contributed by atoms with Gasteiger partial charge in [-0.1, -0.05) is 39.7 Å². The van der Waals surface area contributed by atoms with Crippen molar-refractivity contribution in [3.8, 4) is 5.75 Å². The fourth-order valence-corrected chi connectivity index (χ4v) is 4.03. The molecule has 2 aromatic carbocycles. The number of aliphatic imine (C=N–C) groups is 1. The lowest BCUT2D eigenvalue weighted by Gasteiger charge is -2.23. The Morgan fingerprint density at radius 1 is 1.33 bits per heavy atom. The number of ether oxygens (including phenoxy) is 1. The highest BCUT2D eigenvalue weighted by atomic mass is 79.9. The van der Waals surface area contributed by atoms with E-state index in [1.807, 2.05) is 36.4 Å². The van der Waals surface area contributed by atoms with E-state index in [9.17, 15) is 0 Å². The number of hydrogen-bond acceptors (Lipinski definition) is 4. The predicted molar refractivity (Wildman–Crippen MR) is 107 cm³/mol. The third-order valence-corrected chi connectivity index (χ3v) is 5.32. The van der Waals surface area contributed by atoms with E-state index in [-0.39, 0.29) is 5.25 Å². The van der Waals surface area contributed by atoms with Crippen molar-refractivity contribution in [1.29, 1.82) is 0 Å². The van der Waals surface area contributed by atoms with Crippen LogP contribution < -0.4 is 10.1 Å². The summed E-state index contributed by atoms with van der Waals surface area (Å²) in [6.07, 6.45) is 1.04. The van der Waals surface area contributed by atoms with Crippen molar-refractivity contribution in [3.63, 3.8) is 0 Å². The van der Waals surface area contributed by atoms with Gasteiger partial charge < -0.3 is 10.1 Å². The third-order valence-electron chi connectivity index (χ3n) is 3.97. The fraction of sp³-hybridized carbons (Fsp3) is 0.278. The zero-order chi connectivity index (χ0) is 17.1. The first-order valence-corrected chi connectivity index (χ1v) is 9.39. The lowest BCUT2D eigenvalue weighted by molar-refractivity contribution is 0.410. The standard InChI is InChI=1S/C18H18BrClN2OS/c1-23-15-7-6-11(19)10-13(15)17(24)16-12(4-2-5-14(16)20)18-21-8-3-9-22-18/h2,4-7,10,17,24H,3,8-9H2,1H3,(H,21,22). The Labute approximate surface area is 161 Å². The number of thiol groups is 1. The van der Waals surface area contributed by atoms with E-state index in [0.717, 1.165) is 52.3 Å². The predicted octanol–water partition coefficient (Wildman–Crippen LogP) is 4.87. The van der Waals surface area contributed by atoms with Gasteiger partial charge in [0.15, 0.2) is 0 Å². The van der Waals surface area contributed by atoms with Crippen LogP contribution in [0, 0.1) is 0 Å². The van der Waals surface area contributed by atoms with Gasteiger partial charge in [0.05, 0.1) is 12.4 Å². The van der Waals surface area contributed by atoms with Crippen LogP contribution >= 0.6 is 40.2 Å². The van der Waals surface area contributed by atoms with E-state index in [4.69, 9.17) is 29.0 Å². The van der Waals surface area contributed by atoms with Crippen LogP contribution in [0.15, 0.2) is 45.9 Å². The minimum atomic E-state index is -0.229. The summed E-state index contributed by atoms with van der Waals surface area (Å²) in [5, 5.41) is 3.81. The van der Waals surface area contributed by atoms with Crippen LogP contribution in [0.2, 0.25) is 5.02 Å². The average molecular weight is 426 g/mol. The molecule has 24 heavy (non-hydrogen) atoms. The Hall–Kier alpha value is -1.17. The monoisotopic (exact) mass is 424 g/mol. The van der Waals surface area contributed by atoms with Crippen LogP contribution in [0.25, 0.3) is 0 Å². The Kier molecular flexibility index (Phi) is 5.74. The molecule has 3 nitrogen and oxygen atoms in total. The molecule has 1 unspecified atom stereocenters. The van der Waals surface area contributed by atoms with Crippen molar-refractivity contribution in [1.82, 2.24) is 5.32 Å². The molecule has 6 heteroatoms. The van der Waals surface area contributed by atoms with Gasteiger partial charge in [-0.05, 0) is 36.2 Å². The summed E-state index contributed by atoms with van der Waals surface area (Å²) in [6, 6.07) is 11.8. The highest BCUT2D eigenvalue weighted by molar-refractivity contribution is 9.10. The number of amidine groups is 1.